The smallest absolute Gasteiger partial charge is 0.332 e. The number of ketones is 1. The van der Waals surface area contributed by atoms with Gasteiger partial charge in [0.2, 0.25) is 0 Å². The van der Waals surface area contributed by atoms with E-state index in [1.54, 1.807) is 69.5 Å². The van der Waals surface area contributed by atoms with Crippen LogP contribution in [0.1, 0.15) is 35.3 Å². The predicted molar refractivity (Wildman–Crippen MR) is 98.6 cm³/mol. The zero-order valence-corrected chi connectivity index (χ0v) is 15.9. The highest BCUT2D eigenvalue weighted by Crippen LogP contribution is 2.45. The van der Waals surface area contributed by atoms with Gasteiger partial charge >= 0.3 is 7.60 Å². The fourth-order valence-corrected chi connectivity index (χ4v) is 3.50. The Morgan fingerprint density at radius 2 is 1.62 bits per heavy atom. The summed E-state index contributed by atoms with van der Waals surface area (Å²) in [6.07, 6.45) is -0.456. The average molecular weight is 378 g/mol. The molecule has 0 aromatic heterocycles. The highest BCUT2D eigenvalue weighted by molar-refractivity contribution is 7.51. The normalized spacial score (nSPS) is 14.5. The SMILES string of the molecule is CCOP(=O)(O)Cc1ccc(C(=O)c2ccc(OC(C)OC)cc2)cc1. The molecule has 0 saturated carbocycles. The van der Waals surface area contributed by atoms with Crippen LogP contribution in [-0.4, -0.2) is 30.7 Å². The van der Waals surface area contributed by atoms with Crippen LogP contribution in [0.3, 0.4) is 0 Å². The van der Waals surface area contributed by atoms with Crippen molar-refractivity contribution < 1.29 is 28.3 Å². The van der Waals surface area contributed by atoms with Gasteiger partial charge in [0.25, 0.3) is 0 Å². The van der Waals surface area contributed by atoms with Crippen molar-refractivity contribution in [3.8, 4) is 5.75 Å². The van der Waals surface area contributed by atoms with Gasteiger partial charge in [0, 0.05) is 18.2 Å². The molecule has 2 atom stereocenters. The second-order valence-corrected chi connectivity index (χ2v) is 7.53. The second-order valence-electron chi connectivity index (χ2n) is 5.68. The van der Waals surface area contributed by atoms with Crippen molar-refractivity contribution in [2.45, 2.75) is 26.3 Å². The van der Waals surface area contributed by atoms with Gasteiger partial charge in [-0.2, -0.15) is 0 Å². The van der Waals surface area contributed by atoms with Crippen molar-refractivity contribution in [1.82, 2.24) is 0 Å². The van der Waals surface area contributed by atoms with E-state index in [9.17, 15) is 14.3 Å². The zero-order valence-electron chi connectivity index (χ0n) is 15.0. The fraction of sp³-hybridized carbons (Fsp3) is 0.316. The number of hydrogen-bond donors (Lipinski definition) is 1. The van der Waals surface area contributed by atoms with Gasteiger partial charge in [-0.25, -0.2) is 0 Å². The molecule has 0 fully saturated rings. The van der Waals surface area contributed by atoms with Gasteiger partial charge in [-0.15, -0.1) is 0 Å². The van der Waals surface area contributed by atoms with E-state index in [0.717, 1.165) is 0 Å². The highest BCUT2D eigenvalue weighted by Gasteiger charge is 2.19. The molecular weight excluding hydrogens is 355 g/mol. The van der Waals surface area contributed by atoms with E-state index in [4.69, 9.17) is 14.0 Å². The largest absolute Gasteiger partial charge is 0.465 e. The molecule has 0 radical (unpaired) electrons. The molecule has 1 N–H and O–H groups in total. The molecule has 140 valence electrons. The Hall–Kier alpha value is -1.98. The summed E-state index contributed by atoms with van der Waals surface area (Å²) in [7, 11) is -2.09. The first-order valence-electron chi connectivity index (χ1n) is 8.24. The van der Waals surface area contributed by atoms with E-state index < -0.39 is 7.60 Å². The van der Waals surface area contributed by atoms with Crippen molar-refractivity contribution in [2.24, 2.45) is 0 Å². The van der Waals surface area contributed by atoms with Gasteiger partial charge < -0.3 is 18.9 Å². The van der Waals surface area contributed by atoms with Crippen LogP contribution in [0.15, 0.2) is 48.5 Å². The molecular formula is C19H23O6P. The van der Waals surface area contributed by atoms with Gasteiger partial charge in [0.05, 0.1) is 12.8 Å². The number of rotatable bonds is 9. The summed E-state index contributed by atoms with van der Waals surface area (Å²) in [5, 5.41) is 0. The van der Waals surface area contributed by atoms with Crippen molar-refractivity contribution in [1.29, 1.82) is 0 Å². The maximum Gasteiger partial charge on any atom is 0.332 e. The molecule has 7 heteroatoms. The number of carbonyl (C=O) groups is 1. The third kappa shape index (κ3) is 5.78. The van der Waals surface area contributed by atoms with Gasteiger partial charge in [0.15, 0.2) is 12.1 Å². The van der Waals surface area contributed by atoms with Gasteiger partial charge in [-0.05, 0) is 43.7 Å². The highest BCUT2D eigenvalue weighted by atomic mass is 31.2. The third-order valence-electron chi connectivity index (χ3n) is 3.68. The first-order valence-corrected chi connectivity index (χ1v) is 10.0. The van der Waals surface area contributed by atoms with Crippen LogP contribution in [0.2, 0.25) is 0 Å². The van der Waals surface area contributed by atoms with Crippen LogP contribution in [0.5, 0.6) is 5.75 Å². The van der Waals surface area contributed by atoms with Gasteiger partial charge in [-0.3, -0.25) is 9.36 Å². The van der Waals surface area contributed by atoms with Crippen molar-refractivity contribution in [3.63, 3.8) is 0 Å². The molecule has 2 aromatic rings. The van der Waals surface area contributed by atoms with Crippen molar-refractivity contribution in [2.75, 3.05) is 13.7 Å². The Bertz CT molecular complexity index is 770. The molecule has 0 bridgehead atoms. The predicted octanol–water partition coefficient (Wildman–Crippen LogP) is 4.01. The molecule has 0 aliphatic rings. The summed E-state index contributed by atoms with van der Waals surface area (Å²) in [4.78, 5) is 22.2. The molecule has 26 heavy (non-hydrogen) atoms. The summed E-state index contributed by atoms with van der Waals surface area (Å²) in [5.74, 6) is 0.473. The van der Waals surface area contributed by atoms with Crippen LogP contribution in [0.4, 0.5) is 0 Å². The monoisotopic (exact) mass is 378 g/mol. The summed E-state index contributed by atoms with van der Waals surface area (Å²) >= 11 is 0. The first kappa shape index (κ1) is 20.3. The summed E-state index contributed by atoms with van der Waals surface area (Å²) in [5.41, 5.74) is 1.66. The van der Waals surface area contributed by atoms with E-state index >= 15 is 0 Å². The Kier molecular flexibility index (Phi) is 7.12. The Morgan fingerprint density at radius 3 is 2.12 bits per heavy atom. The lowest BCUT2D eigenvalue weighted by Crippen LogP contribution is -2.13. The zero-order chi connectivity index (χ0) is 19.2. The minimum absolute atomic E-state index is 0.0843. The van der Waals surface area contributed by atoms with Crippen molar-refractivity contribution in [3.05, 3.63) is 65.2 Å². The quantitative estimate of drug-likeness (QED) is 0.403. The Morgan fingerprint density at radius 1 is 1.08 bits per heavy atom. The Balaban J connectivity index is 2.06. The van der Waals surface area contributed by atoms with E-state index in [0.29, 0.717) is 22.4 Å². The number of ether oxygens (including phenoxy) is 2. The lowest BCUT2D eigenvalue weighted by Gasteiger charge is -2.13. The van der Waals surface area contributed by atoms with Crippen LogP contribution >= 0.6 is 7.60 Å². The lowest BCUT2D eigenvalue weighted by atomic mass is 10.0. The lowest BCUT2D eigenvalue weighted by molar-refractivity contribution is -0.0382. The molecule has 6 nitrogen and oxygen atoms in total. The van der Waals surface area contributed by atoms with Crippen LogP contribution in [-0.2, 0) is 20.0 Å². The van der Waals surface area contributed by atoms with Crippen LogP contribution < -0.4 is 4.74 Å². The van der Waals surface area contributed by atoms with E-state index in [1.807, 2.05) is 0 Å². The molecule has 0 heterocycles. The Labute approximate surface area is 153 Å². The molecule has 0 amide bonds. The van der Waals surface area contributed by atoms with Gasteiger partial charge in [-0.1, -0.05) is 24.3 Å². The molecule has 0 saturated heterocycles. The number of benzene rings is 2. The first-order chi connectivity index (χ1) is 12.3. The molecule has 0 aliphatic carbocycles. The second kappa shape index (κ2) is 9.10. The van der Waals surface area contributed by atoms with E-state index in [-0.39, 0.29) is 24.8 Å². The summed E-state index contributed by atoms with van der Waals surface area (Å²) in [6.45, 7) is 3.61. The molecule has 0 aliphatic heterocycles. The third-order valence-corrected chi connectivity index (χ3v) is 5.11. The number of hydrogen-bond acceptors (Lipinski definition) is 5. The number of methoxy groups -OCH3 is 1. The minimum atomic E-state index is -3.64. The standard InChI is InChI=1S/C19H23O6P/c1-4-24-26(21,22)13-15-5-7-16(8-6-15)19(20)17-9-11-18(12-10-17)25-14(2)23-3/h5-12,14H,4,13H2,1-3H3,(H,21,22). The van der Waals surface area contributed by atoms with E-state index in [1.165, 1.54) is 0 Å². The topological polar surface area (TPSA) is 82.1 Å². The minimum Gasteiger partial charge on any atom is -0.465 e. The number of carbonyl (C=O) groups excluding carboxylic acids is 1. The summed E-state index contributed by atoms with van der Waals surface area (Å²) < 4.78 is 27.2. The molecule has 2 rings (SSSR count). The van der Waals surface area contributed by atoms with E-state index in [2.05, 4.69) is 0 Å². The van der Waals surface area contributed by atoms with Crippen LogP contribution in [0, 0.1) is 0 Å². The molecule has 0 spiro atoms. The summed E-state index contributed by atoms with van der Waals surface area (Å²) in [6, 6.07) is 13.4. The maximum atomic E-state index is 12.5. The molecule has 2 aromatic carbocycles. The fourth-order valence-electron chi connectivity index (χ4n) is 2.33. The van der Waals surface area contributed by atoms with Crippen LogP contribution in [0.25, 0.3) is 0 Å². The maximum absolute atomic E-state index is 12.5. The van der Waals surface area contributed by atoms with Gasteiger partial charge in [0.1, 0.15) is 5.75 Å². The molecule has 2 unspecified atom stereocenters. The average Bonchev–Trinajstić information content (AvgIpc) is 2.62. The van der Waals surface area contributed by atoms with Crippen molar-refractivity contribution >= 4 is 13.4 Å².